The summed E-state index contributed by atoms with van der Waals surface area (Å²) in [6.07, 6.45) is 0. The average molecular weight is 308 g/mol. The summed E-state index contributed by atoms with van der Waals surface area (Å²) in [6, 6.07) is 14.0. The molecule has 0 aliphatic heterocycles. The summed E-state index contributed by atoms with van der Waals surface area (Å²) in [4.78, 5) is 11.8. The van der Waals surface area contributed by atoms with E-state index in [1.165, 1.54) is 0 Å². The van der Waals surface area contributed by atoms with Crippen LogP contribution in [0.15, 0.2) is 42.5 Å². The van der Waals surface area contributed by atoms with E-state index in [0.717, 1.165) is 16.5 Å². The second-order valence-corrected chi connectivity index (χ2v) is 6.67. The van der Waals surface area contributed by atoms with Gasteiger partial charge in [0.05, 0.1) is 11.4 Å². The van der Waals surface area contributed by atoms with E-state index in [4.69, 9.17) is 11.5 Å². The molecule has 0 bridgehead atoms. The number of nitrogens with zero attached hydrogens (tertiary/aromatic N) is 2. The lowest BCUT2D eigenvalue weighted by atomic mass is 9.89. The number of primary amides is 1. The van der Waals surface area contributed by atoms with Crippen molar-refractivity contribution in [1.29, 1.82) is 0 Å². The lowest BCUT2D eigenvalue weighted by Crippen LogP contribution is -2.21. The number of nitrogens with two attached hydrogens (primary N) is 2. The maximum Gasteiger partial charge on any atom is 0.254 e. The third-order valence-electron chi connectivity index (χ3n) is 3.86. The molecular formula is C18H20N4O. The Labute approximate surface area is 134 Å². The van der Waals surface area contributed by atoms with Crippen LogP contribution < -0.4 is 11.5 Å². The van der Waals surface area contributed by atoms with Gasteiger partial charge in [0.2, 0.25) is 0 Å². The minimum absolute atomic E-state index is 0.276. The van der Waals surface area contributed by atoms with E-state index in [2.05, 4.69) is 5.10 Å². The number of carbonyl (C=O) groups excluding carboxylic acids is 1. The van der Waals surface area contributed by atoms with Gasteiger partial charge in [-0.2, -0.15) is 5.10 Å². The number of fused-ring (bicyclic) bond motifs is 1. The van der Waals surface area contributed by atoms with Crippen LogP contribution in [0.25, 0.3) is 16.5 Å². The molecule has 3 aromatic rings. The highest BCUT2D eigenvalue weighted by Crippen LogP contribution is 2.30. The average Bonchev–Trinajstić information content (AvgIpc) is 2.84. The summed E-state index contributed by atoms with van der Waals surface area (Å²) in [7, 11) is 0. The Kier molecular flexibility index (Phi) is 3.36. The molecule has 0 unspecified atom stereocenters. The van der Waals surface area contributed by atoms with Crippen molar-refractivity contribution < 1.29 is 4.79 Å². The predicted molar refractivity (Wildman–Crippen MR) is 92.7 cm³/mol. The van der Waals surface area contributed by atoms with Gasteiger partial charge in [0.25, 0.3) is 5.91 Å². The summed E-state index contributed by atoms with van der Waals surface area (Å²) < 4.78 is 1.59. The second kappa shape index (κ2) is 5.12. The van der Waals surface area contributed by atoms with Gasteiger partial charge in [-0.3, -0.25) is 4.79 Å². The van der Waals surface area contributed by atoms with Crippen LogP contribution in [0.3, 0.4) is 0 Å². The van der Waals surface area contributed by atoms with Crippen molar-refractivity contribution in [3.05, 3.63) is 53.7 Å². The first-order valence-electron chi connectivity index (χ1n) is 7.47. The lowest BCUT2D eigenvalue weighted by Gasteiger charge is -2.16. The van der Waals surface area contributed by atoms with Crippen LogP contribution in [0.2, 0.25) is 0 Å². The van der Waals surface area contributed by atoms with Gasteiger partial charge in [-0.15, -0.1) is 0 Å². The Balaban J connectivity index is 2.24. The molecule has 3 rings (SSSR count). The van der Waals surface area contributed by atoms with E-state index >= 15 is 0 Å². The molecule has 2 aromatic carbocycles. The van der Waals surface area contributed by atoms with Gasteiger partial charge >= 0.3 is 0 Å². The van der Waals surface area contributed by atoms with Gasteiger partial charge in [0, 0.05) is 5.41 Å². The molecule has 0 atom stereocenters. The maximum atomic E-state index is 11.8. The molecule has 1 amide bonds. The Morgan fingerprint density at radius 2 is 1.74 bits per heavy atom. The fourth-order valence-electron chi connectivity index (χ4n) is 2.70. The fraction of sp³-hybridized carbons (Fsp3) is 0.222. The van der Waals surface area contributed by atoms with Crippen molar-refractivity contribution in [2.45, 2.75) is 26.2 Å². The van der Waals surface area contributed by atoms with Gasteiger partial charge in [0.15, 0.2) is 0 Å². The van der Waals surface area contributed by atoms with E-state index in [-0.39, 0.29) is 11.2 Å². The first-order valence-corrected chi connectivity index (χ1v) is 7.47. The standard InChI is InChI=1S/C18H20N4O/c1-18(2,3)15-14(17(20)23)16(19)22(21-15)13-9-8-11-6-4-5-7-12(11)10-13/h4-10H,19H2,1-3H3,(H2,20,23). The van der Waals surface area contributed by atoms with Gasteiger partial charge < -0.3 is 11.5 Å². The van der Waals surface area contributed by atoms with Gasteiger partial charge in [0.1, 0.15) is 11.4 Å². The number of hydrogen-bond acceptors (Lipinski definition) is 3. The normalized spacial score (nSPS) is 11.8. The molecule has 118 valence electrons. The van der Waals surface area contributed by atoms with Crippen LogP contribution in [0.5, 0.6) is 0 Å². The monoisotopic (exact) mass is 308 g/mol. The molecule has 23 heavy (non-hydrogen) atoms. The molecule has 0 spiro atoms. The highest BCUT2D eigenvalue weighted by Gasteiger charge is 2.29. The largest absolute Gasteiger partial charge is 0.383 e. The molecule has 5 nitrogen and oxygen atoms in total. The van der Waals surface area contributed by atoms with E-state index in [9.17, 15) is 4.79 Å². The third kappa shape index (κ3) is 2.54. The summed E-state index contributed by atoms with van der Waals surface area (Å²) in [5.41, 5.74) is 13.1. The van der Waals surface area contributed by atoms with E-state index in [1.807, 2.05) is 63.2 Å². The van der Waals surface area contributed by atoms with Crippen LogP contribution in [0.1, 0.15) is 36.8 Å². The Morgan fingerprint density at radius 3 is 2.30 bits per heavy atom. The first-order chi connectivity index (χ1) is 10.8. The third-order valence-corrected chi connectivity index (χ3v) is 3.86. The molecule has 0 saturated carbocycles. The molecule has 1 aromatic heterocycles. The Bertz CT molecular complexity index is 903. The Morgan fingerprint density at radius 1 is 1.09 bits per heavy atom. The number of aromatic nitrogens is 2. The number of benzene rings is 2. The van der Waals surface area contributed by atoms with Crippen LogP contribution >= 0.6 is 0 Å². The molecule has 0 fully saturated rings. The highest BCUT2D eigenvalue weighted by atomic mass is 16.1. The summed E-state index contributed by atoms with van der Waals surface area (Å²) in [6.45, 7) is 5.93. The SMILES string of the molecule is CC(C)(C)c1nn(-c2ccc3ccccc3c2)c(N)c1C(N)=O. The minimum Gasteiger partial charge on any atom is -0.383 e. The zero-order valence-corrected chi connectivity index (χ0v) is 13.5. The molecule has 0 aliphatic carbocycles. The van der Waals surface area contributed by atoms with Crippen LogP contribution in [-0.2, 0) is 5.41 Å². The first kappa shape index (κ1) is 15.1. The van der Waals surface area contributed by atoms with Crippen LogP contribution in [-0.4, -0.2) is 15.7 Å². The lowest BCUT2D eigenvalue weighted by molar-refractivity contribution is 0.0999. The zero-order valence-electron chi connectivity index (χ0n) is 13.5. The number of rotatable bonds is 2. The number of amides is 1. The topological polar surface area (TPSA) is 86.9 Å². The summed E-state index contributed by atoms with van der Waals surface area (Å²) in [5.74, 6) is -0.280. The van der Waals surface area contributed by atoms with E-state index < -0.39 is 5.91 Å². The van der Waals surface area contributed by atoms with Crippen molar-refractivity contribution in [3.63, 3.8) is 0 Å². The minimum atomic E-state index is -0.556. The number of carbonyl (C=O) groups is 1. The molecule has 0 saturated heterocycles. The van der Waals surface area contributed by atoms with E-state index in [1.54, 1.807) is 4.68 Å². The molecular weight excluding hydrogens is 288 g/mol. The van der Waals surface area contributed by atoms with Gasteiger partial charge in [-0.05, 0) is 22.9 Å². The van der Waals surface area contributed by atoms with Crippen molar-refractivity contribution in [2.24, 2.45) is 5.73 Å². The fourth-order valence-corrected chi connectivity index (χ4v) is 2.70. The summed E-state index contributed by atoms with van der Waals surface area (Å²) >= 11 is 0. The molecule has 1 heterocycles. The maximum absolute atomic E-state index is 11.8. The smallest absolute Gasteiger partial charge is 0.254 e. The number of anilines is 1. The van der Waals surface area contributed by atoms with Gasteiger partial charge in [-0.25, -0.2) is 4.68 Å². The van der Waals surface area contributed by atoms with Crippen LogP contribution in [0, 0.1) is 0 Å². The van der Waals surface area contributed by atoms with Crippen molar-refractivity contribution >= 4 is 22.5 Å². The predicted octanol–water partition coefficient (Wildman–Crippen LogP) is 3.00. The number of hydrogen-bond donors (Lipinski definition) is 2. The van der Waals surface area contributed by atoms with Crippen molar-refractivity contribution in [2.75, 3.05) is 5.73 Å². The van der Waals surface area contributed by atoms with Crippen molar-refractivity contribution in [1.82, 2.24) is 9.78 Å². The zero-order chi connectivity index (χ0) is 16.8. The molecule has 0 radical (unpaired) electrons. The summed E-state index contributed by atoms with van der Waals surface area (Å²) in [5, 5.41) is 6.78. The molecule has 5 heteroatoms. The highest BCUT2D eigenvalue weighted by molar-refractivity contribution is 5.99. The van der Waals surface area contributed by atoms with Crippen LogP contribution in [0.4, 0.5) is 5.82 Å². The van der Waals surface area contributed by atoms with Gasteiger partial charge in [-0.1, -0.05) is 51.1 Å². The van der Waals surface area contributed by atoms with Crippen molar-refractivity contribution in [3.8, 4) is 5.69 Å². The Hall–Kier alpha value is -2.82. The molecule has 0 aliphatic rings. The molecule has 4 N–H and O–H groups in total. The quantitative estimate of drug-likeness (QED) is 0.763. The second-order valence-electron chi connectivity index (χ2n) is 6.67. The number of nitrogen functional groups attached to an aromatic ring is 1. The van der Waals surface area contributed by atoms with E-state index in [0.29, 0.717) is 11.3 Å².